The van der Waals surface area contributed by atoms with Crippen molar-refractivity contribution < 1.29 is 9.59 Å². The minimum absolute atomic E-state index is 0.0293. The monoisotopic (exact) mass is 376 g/mol. The molecule has 0 aliphatic carbocycles. The number of nitrogens with zero attached hydrogens (tertiary/aromatic N) is 1. The van der Waals surface area contributed by atoms with Gasteiger partial charge in [-0.25, -0.2) is 0 Å². The predicted molar refractivity (Wildman–Crippen MR) is 101 cm³/mol. The maximum atomic E-state index is 12.8. The zero-order valence-electron chi connectivity index (χ0n) is 12.7. The lowest BCUT2D eigenvalue weighted by Gasteiger charge is -2.29. The van der Waals surface area contributed by atoms with E-state index in [9.17, 15) is 9.59 Å². The van der Waals surface area contributed by atoms with E-state index in [0.29, 0.717) is 10.0 Å². The van der Waals surface area contributed by atoms with Gasteiger partial charge in [0.2, 0.25) is 0 Å². The molecule has 1 aromatic heterocycles. The van der Waals surface area contributed by atoms with Gasteiger partial charge in [0, 0.05) is 4.88 Å². The Kier molecular flexibility index (Phi) is 4.80. The van der Waals surface area contributed by atoms with Crippen molar-refractivity contribution in [3.63, 3.8) is 0 Å². The number of anilines is 1. The molecule has 7 heteroatoms. The summed E-state index contributed by atoms with van der Waals surface area (Å²) in [6, 6.07) is 11.0. The highest BCUT2D eigenvalue weighted by Crippen LogP contribution is 2.26. The summed E-state index contributed by atoms with van der Waals surface area (Å²) in [7, 11) is 0. The number of thiocarbonyl (C=S) groups is 1. The first-order valence-electron chi connectivity index (χ1n) is 7.25. The van der Waals surface area contributed by atoms with Crippen LogP contribution in [0.2, 0.25) is 4.34 Å². The Morgan fingerprint density at radius 1 is 1.21 bits per heavy atom. The van der Waals surface area contributed by atoms with Crippen LogP contribution in [0.15, 0.2) is 42.0 Å². The first-order chi connectivity index (χ1) is 11.5. The molecule has 122 valence electrons. The van der Waals surface area contributed by atoms with Gasteiger partial charge in [-0.3, -0.25) is 19.8 Å². The third-order valence-corrected chi connectivity index (χ3v) is 5.05. The van der Waals surface area contributed by atoms with Crippen LogP contribution in [0.1, 0.15) is 17.4 Å². The van der Waals surface area contributed by atoms with E-state index in [1.54, 1.807) is 12.1 Å². The summed E-state index contributed by atoms with van der Waals surface area (Å²) in [6.07, 6.45) is 2.43. The molecule has 1 fully saturated rings. The number of halogens is 1. The maximum Gasteiger partial charge on any atom is 0.270 e. The molecule has 4 nitrogen and oxygen atoms in total. The third-order valence-electron chi connectivity index (χ3n) is 3.59. The van der Waals surface area contributed by atoms with Gasteiger partial charge in [0.15, 0.2) is 5.11 Å². The third kappa shape index (κ3) is 3.26. The van der Waals surface area contributed by atoms with Crippen LogP contribution in [-0.2, 0) is 16.0 Å². The lowest BCUT2D eigenvalue weighted by molar-refractivity contribution is -0.122. The van der Waals surface area contributed by atoms with Crippen molar-refractivity contribution in [2.75, 3.05) is 4.90 Å². The van der Waals surface area contributed by atoms with Crippen molar-refractivity contribution in [1.82, 2.24) is 5.32 Å². The van der Waals surface area contributed by atoms with Crippen molar-refractivity contribution in [3.8, 4) is 0 Å². The molecule has 0 unspecified atom stereocenters. The van der Waals surface area contributed by atoms with E-state index in [-0.39, 0.29) is 10.7 Å². The molecule has 2 aromatic rings. The van der Waals surface area contributed by atoms with Crippen molar-refractivity contribution in [3.05, 3.63) is 56.7 Å². The van der Waals surface area contributed by atoms with Crippen LogP contribution in [0.4, 0.5) is 5.69 Å². The average molecular weight is 377 g/mol. The van der Waals surface area contributed by atoms with Crippen LogP contribution in [0, 0.1) is 0 Å². The summed E-state index contributed by atoms with van der Waals surface area (Å²) in [6.45, 7) is 2.05. The zero-order valence-corrected chi connectivity index (χ0v) is 15.1. The van der Waals surface area contributed by atoms with Crippen LogP contribution in [0.3, 0.4) is 0 Å². The number of amides is 2. The molecule has 0 spiro atoms. The number of carbonyl (C=O) groups is 2. The molecule has 1 N–H and O–H groups in total. The van der Waals surface area contributed by atoms with Crippen LogP contribution in [0.25, 0.3) is 6.08 Å². The number of carbonyl (C=O) groups excluding carboxylic acids is 2. The first-order valence-corrected chi connectivity index (χ1v) is 8.85. The van der Waals surface area contributed by atoms with Crippen LogP contribution in [0.5, 0.6) is 0 Å². The predicted octanol–water partition coefficient (Wildman–Crippen LogP) is 3.80. The Balaban J connectivity index is 1.97. The molecular formula is C17H13ClN2O2S2. The Morgan fingerprint density at radius 2 is 1.92 bits per heavy atom. The zero-order chi connectivity index (χ0) is 17.3. The number of benzene rings is 1. The van der Waals surface area contributed by atoms with E-state index in [1.165, 1.54) is 22.3 Å². The molecule has 24 heavy (non-hydrogen) atoms. The highest BCUT2D eigenvalue weighted by atomic mass is 35.5. The van der Waals surface area contributed by atoms with Crippen LogP contribution >= 0.6 is 35.2 Å². The molecule has 2 amide bonds. The second-order valence-corrected chi connectivity index (χ2v) is 7.25. The van der Waals surface area contributed by atoms with Crippen molar-refractivity contribution in [2.45, 2.75) is 13.3 Å². The van der Waals surface area contributed by atoms with Gasteiger partial charge in [-0.1, -0.05) is 30.7 Å². The standard InChI is InChI=1S/C17H13ClN2O2S2/c1-2-10-3-5-11(6-4-10)20-16(22)13(15(21)19-17(20)23)9-12-7-8-14(18)24-12/h3-9H,2H2,1H3,(H,19,21,23)/b13-9+. The van der Waals surface area contributed by atoms with Gasteiger partial charge in [0.1, 0.15) is 5.57 Å². The number of hydrogen-bond acceptors (Lipinski definition) is 4. The number of nitrogens with one attached hydrogen (secondary N) is 1. The van der Waals surface area contributed by atoms with Crippen molar-refractivity contribution in [1.29, 1.82) is 0 Å². The fourth-order valence-electron chi connectivity index (χ4n) is 2.32. The van der Waals surface area contributed by atoms with Gasteiger partial charge in [0.05, 0.1) is 10.0 Å². The van der Waals surface area contributed by atoms with Crippen LogP contribution < -0.4 is 10.2 Å². The van der Waals surface area contributed by atoms with Crippen LogP contribution in [-0.4, -0.2) is 16.9 Å². The smallest absolute Gasteiger partial charge is 0.270 e. The van der Waals surface area contributed by atoms with E-state index in [4.69, 9.17) is 23.8 Å². The van der Waals surface area contributed by atoms with E-state index in [2.05, 4.69) is 12.2 Å². The lowest BCUT2D eigenvalue weighted by Crippen LogP contribution is -2.54. The van der Waals surface area contributed by atoms with Crippen molar-refractivity contribution >= 4 is 63.8 Å². The summed E-state index contributed by atoms with van der Waals surface area (Å²) < 4.78 is 0.591. The highest BCUT2D eigenvalue weighted by molar-refractivity contribution is 7.80. The Bertz CT molecular complexity index is 856. The molecule has 1 aliphatic heterocycles. The summed E-state index contributed by atoms with van der Waals surface area (Å²) in [5.41, 5.74) is 1.81. The Labute approximate surface area is 153 Å². The number of hydrogen-bond donors (Lipinski definition) is 1. The number of rotatable bonds is 3. The first kappa shape index (κ1) is 16.8. The largest absolute Gasteiger partial charge is 0.298 e. The molecular weight excluding hydrogens is 364 g/mol. The van der Waals surface area contributed by atoms with Gasteiger partial charge in [-0.15, -0.1) is 11.3 Å². The summed E-state index contributed by atoms with van der Waals surface area (Å²) in [5, 5.41) is 2.64. The second-order valence-electron chi connectivity index (χ2n) is 5.12. The number of thiophene rings is 1. The second kappa shape index (κ2) is 6.84. The van der Waals surface area contributed by atoms with Gasteiger partial charge in [0.25, 0.3) is 11.8 Å². The molecule has 1 aliphatic rings. The highest BCUT2D eigenvalue weighted by Gasteiger charge is 2.34. The topological polar surface area (TPSA) is 49.4 Å². The number of aryl methyl sites for hydroxylation is 1. The molecule has 0 atom stereocenters. The van der Waals surface area contributed by atoms with Crippen molar-refractivity contribution in [2.24, 2.45) is 0 Å². The molecule has 1 saturated heterocycles. The molecule has 2 heterocycles. The van der Waals surface area contributed by atoms with Gasteiger partial charge >= 0.3 is 0 Å². The SMILES string of the molecule is CCc1ccc(N2C(=O)/C(=C/c3ccc(Cl)s3)C(=O)NC2=S)cc1. The minimum atomic E-state index is -0.504. The van der Waals surface area contributed by atoms with E-state index < -0.39 is 11.8 Å². The average Bonchev–Trinajstić information content (AvgIpc) is 2.97. The molecule has 0 bridgehead atoms. The lowest BCUT2D eigenvalue weighted by atomic mass is 10.1. The Morgan fingerprint density at radius 3 is 2.50 bits per heavy atom. The minimum Gasteiger partial charge on any atom is -0.298 e. The van der Waals surface area contributed by atoms with Gasteiger partial charge in [-0.2, -0.15) is 0 Å². The van der Waals surface area contributed by atoms with E-state index >= 15 is 0 Å². The van der Waals surface area contributed by atoms with E-state index in [0.717, 1.165) is 16.9 Å². The Hall–Kier alpha value is -2.02. The van der Waals surface area contributed by atoms with Gasteiger partial charge in [-0.05, 0) is 54.5 Å². The van der Waals surface area contributed by atoms with E-state index in [1.807, 2.05) is 24.3 Å². The fourth-order valence-corrected chi connectivity index (χ4v) is 3.61. The van der Waals surface area contributed by atoms with Gasteiger partial charge < -0.3 is 0 Å². The fraction of sp³-hybridized carbons (Fsp3) is 0.118. The summed E-state index contributed by atoms with van der Waals surface area (Å²) in [5.74, 6) is -0.950. The maximum absolute atomic E-state index is 12.8. The normalized spacial score (nSPS) is 16.7. The molecule has 0 radical (unpaired) electrons. The molecule has 0 saturated carbocycles. The molecule has 1 aromatic carbocycles. The molecule has 3 rings (SSSR count). The summed E-state index contributed by atoms with van der Waals surface area (Å²) >= 11 is 12.4. The quantitative estimate of drug-likeness (QED) is 0.503. The summed E-state index contributed by atoms with van der Waals surface area (Å²) in [4.78, 5) is 27.0.